The number of ether oxygens (including phenoxy) is 4. The molecule has 40 heavy (non-hydrogen) atoms. The Balaban J connectivity index is 2.17. The van der Waals surface area contributed by atoms with Gasteiger partial charge < -0.3 is 29.2 Å². The fourth-order valence-corrected chi connectivity index (χ4v) is 5.87. The van der Waals surface area contributed by atoms with E-state index >= 15 is 0 Å². The molecule has 0 atom stereocenters. The number of carbonyl (C=O) groups is 4. The van der Waals surface area contributed by atoms with Crippen LogP contribution in [-0.2, 0) is 43.5 Å². The molecule has 0 unspecified atom stereocenters. The van der Waals surface area contributed by atoms with Gasteiger partial charge in [0.05, 0.1) is 40.5 Å². The smallest absolute Gasteiger partial charge is 0.347 e. The Morgan fingerprint density at radius 3 is 1.62 bits per heavy atom. The minimum Gasteiger partial charge on any atom is -0.507 e. The first-order chi connectivity index (χ1) is 18.9. The average Bonchev–Trinajstić information content (AvgIpc) is 3.35. The predicted molar refractivity (Wildman–Crippen MR) is 150 cm³/mol. The van der Waals surface area contributed by atoms with E-state index in [9.17, 15) is 29.4 Å². The number of benzene rings is 1. The average molecular weight is 595 g/mol. The van der Waals surface area contributed by atoms with Gasteiger partial charge in [0.25, 0.3) is 0 Å². The van der Waals surface area contributed by atoms with Crippen molar-refractivity contribution in [2.75, 3.05) is 26.4 Å². The molecule has 2 rings (SSSR count). The van der Waals surface area contributed by atoms with Crippen molar-refractivity contribution in [1.82, 2.24) is 0 Å². The SMILES string of the molecule is C=CC(=O)OCCCCOC(=O)C(C(=O)OCCCCOC(=O)C=C)=C1Sc2c(O)cc(C(C)(C)C)c(O)c2S1. The molecule has 1 heterocycles. The highest BCUT2D eigenvalue weighted by molar-refractivity contribution is 8.25. The number of thioether (sulfide) groups is 2. The second kappa shape index (κ2) is 15.4. The normalized spacial score (nSPS) is 12.2. The van der Waals surface area contributed by atoms with Crippen LogP contribution < -0.4 is 0 Å². The maximum absolute atomic E-state index is 13.1. The molecule has 12 heteroatoms. The fourth-order valence-electron chi connectivity index (χ4n) is 3.29. The van der Waals surface area contributed by atoms with Crippen molar-refractivity contribution < 1.29 is 48.3 Å². The van der Waals surface area contributed by atoms with Crippen LogP contribution in [0.3, 0.4) is 0 Å². The number of carbonyl (C=O) groups excluding carboxylic acids is 4. The molecule has 0 spiro atoms. The van der Waals surface area contributed by atoms with Crippen LogP contribution in [0.4, 0.5) is 0 Å². The lowest BCUT2D eigenvalue weighted by molar-refractivity contribution is -0.148. The first kappa shape index (κ1) is 32.8. The van der Waals surface area contributed by atoms with E-state index in [1.165, 1.54) is 6.07 Å². The molecule has 2 N–H and O–H groups in total. The topological polar surface area (TPSA) is 146 Å². The van der Waals surface area contributed by atoms with E-state index in [4.69, 9.17) is 18.9 Å². The van der Waals surface area contributed by atoms with Crippen molar-refractivity contribution in [3.05, 3.63) is 46.8 Å². The zero-order chi connectivity index (χ0) is 29.9. The van der Waals surface area contributed by atoms with Gasteiger partial charge in [0.2, 0.25) is 0 Å². The largest absolute Gasteiger partial charge is 0.507 e. The van der Waals surface area contributed by atoms with Crippen LogP contribution >= 0.6 is 23.5 Å². The number of aromatic hydroxyl groups is 2. The minimum absolute atomic E-state index is 0.0444. The molecule has 0 aromatic heterocycles. The molecular weight excluding hydrogens is 560 g/mol. The molecule has 0 bridgehead atoms. The lowest BCUT2D eigenvalue weighted by Crippen LogP contribution is -2.20. The van der Waals surface area contributed by atoms with Gasteiger partial charge in [0.15, 0.2) is 5.57 Å². The number of esters is 4. The Labute approximate surface area is 241 Å². The second-order valence-electron chi connectivity index (χ2n) is 9.50. The first-order valence-electron chi connectivity index (χ1n) is 12.5. The second-order valence-corrected chi connectivity index (χ2v) is 11.8. The minimum atomic E-state index is -0.925. The molecule has 0 radical (unpaired) electrons. The molecule has 0 saturated heterocycles. The molecule has 0 saturated carbocycles. The Kier molecular flexibility index (Phi) is 12.7. The number of phenolic OH excluding ortho intramolecular Hbond substituents is 2. The Morgan fingerprint density at radius 2 is 1.20 bits per heavy atom. The Hall–Kier alpha value is -3.38. The van der Waals surface area contributed by atoms with E-state index in [-0.39, 0.29) is 47.7 Å². The number of fused-ring (bicyclic) bond motifs is 1. The summed E-state index contributed by atoms with van der Waals surface area (Å²) >= 11 is 1.94. The van der Waals surface area contributed by atoms with Gasteiger partial charge >= 0.3 is 23.9 Å². The quantitative estimate of drug-likeness (QED) is 0.0574. The van der Waals surface area contributed by atoms with Crippen LogP contribution in [0.25, 0.3) is 0 Å². The van der Waals surface area contributed by atoms with Crippen LogP contribution in [0.5, 0.6) is 11.5 Å². The molecule has 1 aromatic rings. The molecule has 0 aliphatic carbocycles. The van der Waals surface area contributed by atoms with Crippen molar-refractivity contribution in [2.24, 2.45) is 0 Å². The highest BCUT2D eigenvalue weighted by atomic mass is 32.2. The predicted octanol–water partition coefficient (Wildman–Crippen LogP) is 4.91. The molecule has 1 aliphatic heterocycles. The Bertz CT molecular complexity index is 1130. The summed E-state index contributed by atoms with van der Waals surface area (Å²) in [6.07, 6.45) is 3.68. The van der Waals surface area contributed by atoms with Gasteiger partial charge in [-0.15, -0.1) is 0 Å². The van der Waals surface area contributed by atoms with Gasteiger partial charge in [0, 0.05) is 17.7 Å². The summed E-state index contributed by atoms with van der Waals surface area (Å²) < 4.78 is 20.6. The molecule has 0 amide bonds. The fraction of sp³-hybridized carbons (Fsp3) is 0.429. The van der Waals surface area contributed by atoms with Gasteiger partial charge in [-0.05, 0) is 37.2 Å². The summed E-state index contributed by atoms with van der Waals surface area (Å²) in [6.45, 7) is 12.4. The number of phenols is 2. The monoisotopic (exact) mass is 594 g/mol. The van der Waals surface area contributed by atoms with Crippen molar-refractivity contribution in [1.29, 1.82) is 0 Å². The van der Waals surface area contributed by atoms with Gasteiger partial charge in [-0.2, -0.15) is 0 Å². The maximum atomic E-state index is 13.1. The zero-order valence-corrected chi connectivity index (χ0v) is 24.4. The highest BCUT2D eigenvalue weighted by Crippen LogP contribution is 2.60. The summed E-state index contributed by atoms with van der Waals surface area (Å²) in [5, 5.41) is 21.6. The van der Waals surface area contributed by atoms with Gasteiger partial charge in [-0.25, -0.2) is 19.2 Å². The van der Waals surface area contributed by atoms with Crippen LogP contribution in [0.15, 0.2) is 51.0 Å². The Morgan fingerprint density at radius 1 is 0.775 bits per heavy atom. The van der Waals surface area contributed by atoms with Crippen LogP contribution in [0, 0.1) is 0 Å². The number of hydrogen-bond donors (Lipinski definition) is 2. The lowest BCUT2D eigenvalue weighted by atomic mass is 9.86. The van der Waals surface area contributed by atoms with Crippen molar-refractivity contribution in [3.8, 4) is 11.5 Å². The summed E-state index contributed by atoms with van der Waals surface area (Å²) in [7, 11) is 0. The number of hydrogen-bond acceptors (Lipinski definition) is 12. The maximum Gasteiger partial charge on any atom is 0.347 e. The number of unbranched alkanes of at least 4 members (excludes halogenated alkanes) is 2. The van der Waals surface area contributed by atoms with Gasteiger partial charge in [-0.3, -0.25) is 0 Å². The summed E-state index contributed by atoms with van der Waals surface area (Å²) in [6, 6.07) is 1.47. The van der Waals surface area contributed by atoms with Crippen molar-refractivity contribution in [3.63, 3.8) is 0 Å². The first-order valence-corrected chi connectivity index (χ1v) is 14.2. The van der Waals surface area contributed by atoms with E-state index in [2.05, 4.69) is 13.2 Å². The summed E-state index contributed by atoms with van der Waals surface area (Å²) in [4.78, 5) is 49.0. The number of rotatable bonds is 14. The van der Waals surface area contributed by atoms with E-state index < -0.39 is 29.3 Å². The molecular formula is C28H34O10S2. The zero-order valence-electron chi connectivity index (χ0n) is 22.8. The molecule has 0 fully saturated rings. The highest BCUT2D eigenvalue weighted by Gasteiger charge is 2.36. The molecule has 218 valence electrons. The van der Waals surface area contributed by atoms with Crippen LogP contribution in [-0.4, -0.2) is 60.5 Å². The lowest BCUT2D eigenvalue weighted by Gasteiger charge is -2.22. The summed E-state index contributed by atoms with van der Waals surface area (Å²) in [5.74, 6) is -3.09. The van der Waals surface area contributed by atoms with E-state index in [1.807, 2.05) is 20.8 Å². The van der Waals surface area contributed by atoms with Gasteiger partial charge in [-0.1, -0.05) is 57.5 Å². The summed E-state index contributed by atoms with van der Waals surface area (Å²) in [5.41, 5.74) is -0.327. The van der Waals surface area contributed by atoms with E-state index in [1.54, 1.807) is 0 Å². The van der Waals surface area contributed by atoms with E-state index in [0.29, 0.717) is 41.0 Å². The van der Waals surface area contributed by atoms with Crippen LogP contribution in [0.2, 0.25) is 0 Å². The third-order valence-corrected chi connectivity index (χ3v) is 7.99. The molecule has 1 aromatic carbocycles. The van der Waals surface area contributed by atoms with Gasteiger partial charge in [0.1, 0.15) is 11.5 Å². The standard InChI is InChI=1S/C28H34O10S2/c1-6-19(30)35-12-8-10-14-37-25(33)21(26(34)38-15-11-9-13-36-20(31)7-2)27-39-23-18(29)16-17(28(3,4)5)22(32)24(23)40-27/h6-7,16,29,32H,1-2,8-15H2,3-5H3. The van der Waals surface area contributed by atoms with Crippen LogP contribution in [0.1, 0.15) is 52.0 Å². The molecule has 1 aliphatic rings. The van der Waals surface area contributed by atoms with E-state index in [0.717, 1.165) is 35.7 Å². The van der Waals surface area contributed by atoms with Crippen molar-refractivity contribution >= 4 is 47.4 Å². The third kappa shape index (κ3) is 9.37. The molecule has 10 nitrogen and oxygen atoms in total. The van der Waals surface area contributed by atoms with Crippen molar-refractivity contribution in [2.45, 2.75) is 61.7 Å². The third-order valence-electron chi connectivity index (χ3n) is 5.37.